The Bertz CT molecular complexity index is 415. The second-order valence-electron chi connectivity index (χ2n) is 5.26. The highest BCUT2D eigenvalue weighted by atomic mass is 16.5. The molecule has 1 aliphatic heterocycles. The number of aryl methyl sites for hydroxylation is 1. The van der Waals surface area contributed by atoms with Crippen molar-refractivity contribution >= 4 is 0 Å². The van der Waals surface area contributed by atoms with Gasteiger partial charge in [-0.2, -0.15) is 5.26 Å². The maximum Gasteiger partial charge on any atom is 0.0866 e. The Labute approximate surface area is 115 Å². The molecule has 2 rings (SSSR count). The van der Waals surface area contributed by atoms with Gasteiger partial charge in [0.1, 0.15) is 0 Å². The van der Waals surface area contributed by atoms with Crippen LogP contribution in [0.2, 0.25) is 0 Å². The van der Waals surface area contributed by atoms with E-state index in [1.165, 1.54) is 11.1 Å². The molecule has 1 aliphatic rings. The summed E-state index contributed by atoms with van der Waals surface area (Å²) in [6, 6.07) is 10.9. The fraction of sp³-hybridized carbons (Fsp3) is 0.562. The molecule has 1 fully saturated rings. The normalized spacial score (nSPS) is 18.7. The minimum atomic E-state index is 0.325. The molecule has 0 saturated carbocycles. The number of hydrogen-bond acceptors (Lipinski definition) is 3. The second kappa shape index (κ2) is 7.28. The van der Waals surface area contributed by atoms with Crippen LogP contribution in [-0.2, 0) is 11.2 Å². The molecule has 1 saturated heterocycles. The van der Waals surface area contributed by atoms with E-state index in [2.05, 4.69) is 42.2 Å². The minimum absolute atomic E-state index is 0.325. The first-order chi connectivity index (χ1) is 9.28. The summed E-state index contributed by atoms with van der Waals surface area (Å²) in [5.41, 5.74) is 2.62. The van der Waals surface area contributed by atoms with Crippen molar-refractivity contribution < 1.29 is 4.74 Å². The molecule has 19 heavy (non-hydrogen) atoms. The third-order valence-corrected chi connectivity index (χ3v) is 3.62. The van der Waals surface area contributed by atoms with Gasteiger partial charge in [0.25, 0.3) is 0 Å². The van der Waals surface area contributed by atoms with Crippen molar-refractivity contribution in [2.24, 2.45) is 0 Å². The van der Waals surface area contributed by atoms with Crippen molar-refractivity contribution in [2.45, 2.75) is 32.3 Å². The highest BCUT2D eigenvalue weighted by Gasteiger charge is 2.18. The molecule has 1 heterocycles. The lowest BCUT2D eigenvalue weighted by Gasteiger charge is -2.22. The predicted octanol–water partition coefficient (Wildman–Crippen LogP) is 2.54. The smallest absolute Gasteiger partial charge is 0.0866 e. The first kappa shape index (κ1) is 14.0. The van der Waals surface area contributed by atoms with Gasteiger partial charge in [0, 0.05) is 19.7 Å². The maximum atomic E-state index is 8.91. The minimum Gasteiger partial charge on any atom is -0.377 e. The third kappa shape index (κ3) is 4.66. The van der Waals surface area contributed by atoms with Gasteiger partial charge in [-0.25, -0.2) is 0 Å². The summed E-state index contributed by atoms with van der Waals surface area (Å²) in [5.74, 6) is 0. The number of nitriles is 1. The van der Waals surface area contributed by atoms with Gasteiger partial charge in [0.2, 0.25) is 0 Å². The predicted molar refractivity (Wildman–Crippen MR) is 75.9 cm³/mol. The van der Waals surface area contributed by atoms with Crippen LogP contribution < -0.4 is 0 Å². The lowest BCUT2D eigenvalue weighted by Crippen LogP contribution is -2.34. The lowest BCUT2D eigenvalue weighted by atomic mass is 10.1. The molecule has 1 aromatic rings. The van der Waals surface area contributed by atoms with Gasteiger partial charge >= 0.3 is 0 Å². The van der Waals surface area contributed by atoms with Crippen LogP contribution in [0, 0.1) is 18.3 Å². The summed E-state index contributed by atoms with van der Waals surface area (Å²) in [4.78, 5) is 2.20. The first-order valence-corrected chi connectivity index (χ1v) is 7.04. The zero-order valence-electron chi connectivity index (χ0n) is 11.6. The average Bonchev–Trinajstić information content (AvgIpc) is 2.91. The molecule has 0 aromatic heterocycles. The Morgan fingerprint density at radius 2 is 2.16 bits per heavy atom. The quantitative estimate of drug-likeness (QED) is 0.736. The number of nitrogens with zero attached hydrogens (tertiary/aromatic N) is 2. The van der Waals surface area contributed by atoms with Crippen LogP contribution in [0.4, 0.5) is 0 Å². The number of rotatable bonds is 6. The van der Waals surface area contributed by atoms with Crippen molar-refractivity contribution in [3.8, 4) is 6.07 Å². The van der Waals surface area contributed by atoms with Crippen molar-refractivity contribution in [2.75, 3.05) is 26.2 Å². The fourth-order valence-corrected chi connectivity index (χ4v) is 2.45. The Morgan fingerprint density at radius 3 is 2.79 bits per heavy atom. The summed E-state index contributed by atoms with van der Waals surface area (Å²) in [6.07, 6.45) is 3.61. The Morgan fingerprint density at radius 1 is 1.37 bits per heavy atom. The van der Waals surface area contributed by atoms with E-state index in [0.717, 1.165) is 39.0 Å². The summed E-state index contributed by atoms with van der Waals surface area (Å²) < 4.78 is 5.65. The fourth-order valence-electron chi connectivity index (χ4n) is 2.45. The summed E-state index contributed by atoms with van der Waals surface area (Å²) in [7, 11) is 0. The zero-order chi connectivity index (χ0) is 13.5. The molecule has 0 amide bonds. The first-order valence-electron chi connectivity index (χ1n) is 7.04. The van der Waals surface area contributed by atoms with Crippen LogP contribution >= 0.6 is 0 Å². The molecule has 0 bridgehead atoms. The van der Waals surface area contributed by atoms with Gasteiger partial charge < -0.3 is 4.74 Å². The Hall–Kier alpha value is -1.37. The van der Waals surface area contributed by atoms with Gasteiger partial charge in [-0.05, 0) is 31.7 Å². The second-order valence-corrected chi connectivity index (χ2v) is 5.26. The van der Waals surface area contributed by atoms with Crippen molar-refractivity contribution in [1.29, 1.82) is 5.26 Å². The van der Waals surface area contributed by atoms with Crippen LogP contribution in [0.15, 0.2) is 24.3 Å². The van der Waals surface area contributed by atoms with E-state index in [9.17, 15) is 0 Å². The number of benzene rings is 1. The molecule has 0 radical (unpaired) electrons. The molecule has 3 nitrogen and oxygen atoms in total. The summed E-state index contributed by atoms with van der Waals surface area (Å²) in [6.45, 7) is 5.29. The molecule has 1 atom stereocenters. The van der Waals surface area contributed by atoms with E-state index >= 15 is 0 Å². The van der Waals surface area contributed by atoms with Crippen LogP contribution in [0.25, 0.3) is 0 Å². The molecular weight excluding hydrogens is 236 g/mol. The van der Waals surface area contributed by atoms with Crippen LogP contribution in [0.3, 0.4) is 0 Å². The van der Waals surface area contributed by atoms with Crippen molar-refractivity contribution in [3.63, 3.8) is 0 Å². The molecule has 1 unspecified atom stereocenters. The van der Waals surface area contributed by atoms with E-state index in [1.54, 1.807) is 0 Å². The van der Waals surface area contributed by atoms with Gasteiger partial charge in [0.15, 0.2) is 0 Å². The highest BCUT2D eigenvalue weighted by Crippen LogP contribution is 2.13. The SMILES string of the molecule is Cc1ccc(CCN(CC#N)CC2CCCO2)cc1. The van der Waals surface area contributed by atoms with E-state index in [-0.39, 0.29) is 0 Å². The largest absolute Gasteiger partial charge is 0.377 e. The van der Waals surface area contributed by atoms with Crippen LogP contribution in [0.1, 0.15) is 24.0 Å². The van der Waals surface area contributed by atoms with Crippen molar-refractivity contribution in [3.05, 3.63) is 35.4 Å². The van der Waals surface area contributed by atoms with Crippen molar-refractivity contribution in [1.82, 2.24) is 4.90 Å². The van der Waals surface area contributed by atoms with Crippen LogP contribution in [0.5, 0.6) is 0 Å². The molecule has 0 aliphatic carbocycles. The monoisotopic (exact) mass is 258 g/mol. The molecule has 1 aromatic carbocycles. The number of ether oxygens (including phenoxy) is 1. The third-order valence-electron chi connectivity index (χ3n) is 3.62. The molecular formula is C16H22N2O. The topological polar surface area (TPSA) is 36.3 Å². The van der Waals surface area contributed by atoms with Crippen LogP contribution in [-0.4, -0.2) is 37.2 Å². The van der Waals surface area contributed by atoms with Gasteiger partial charge in [-0.3, -0.25) is 4.90 Å². The maximum absolute atomic E-state index is 8.91. The lowest BCUT2D eigenvalue weighted by molar-refractivity contribution is 0.0777. The Balaban J connectivity index is 1.82. The average molecular weight is 258 g/mol. The van der Waals surface area contributed by atoms with Gasteiger partial charge in [-0.1, -0.05) is 29.8 Å². The molecule has 0 N–H and O–H groups in total. The zero-order valence-corrected chi connectivity index (χ0v) is 11.6. The van der Waals surface area contributed by atoms with E-state index in [0.29, 0.717) is 12.6 Å². The molecule has 102 valence electrons. The standard InChI is InChI=1S/C16H22N2O/c1-14-4-6-15(7-5-14)8-10-18(11-9-17)13-16-3-2-12-19-16/h4-7,16H,2-3,8,10-13H2,1H3. The summed E-state index contributed by atoms with van der Waals surface area (Å²) >= 11 is 0. The number of hydrogen-bond donors (Lipinski definition) is 0. The van der Waals surface area contributed by atoms with E-state index in [1.807, 2.05) is 0 Å². The van der Waals surface area contributed by atoms with Gasteiger partial charge in [-0.15, -0.1) is 0 Å². The van der Waals surface area contributed by atoms with E-state index in [4.69, 9.17) is 10.00 Å². The van der Waals surface area contributed by atoms with Gasteiger partial charge in [0.05, 0.1) is 18.7 Å². The van der Waals surface area contributed by atoms with E-state index < -0.39 is 0 Å². The molecule has 3 heteroatoms. The molecule has 0 spiro atoms. The highest BCUT2D eigenvalue weighted by molar-refractivity contribution is 5.21. The summed E-state index contributed by atoms with van der Waals surface area (Å²) in [5, 5.41) is 8.91. The Kier molecular flexibility index (Phi) is 5.38.